The molecule has 6 heteroatoms. The summed E-state index contributed by atoms with van der Waals surface area (Å²) in [4.78, 5) is 22.6. The van der Waals surface area contributed by atoms with Crippen LogP contribution >= 0.6 is 0 Å². The Morgan fingerprint density at radius 3 is 2.57 bits per heavy atom. The summed E-state index contributed by atoms with van der Waals surface area (Å²) in [5.41, 5.74) is 2.36. The first-order valence-electron chi connectivity index (χ1n) is 6.88. The van der Waals surface area contributed by atoms with E-state index in [1.165, 1.54) is 0 Å². The third-order valence-corrected chi connectivity index (χ3v) is 3.01. The summed E-state index contributed by atoms with van der Waals surface area (Å²) in [6, 6.07) is 6.86. The summed E-state index contributed by atoms with van der Waals surface area (Å²) in [5.74, 6) is -0.356. The van der Waals surface area contributed by atoms with E-state index >= 15 is 0 Å². The van der Waals surface area contributed by atoms with Gasteiger partial charge in [0.25, 0.3) is 0 Å². The summed E-state index contributed by atoms with van der Waals surface area (Å²) in [5, 5.41) is 7.88. The molecule has 110 valence electrons. The van der Waals surface area contributed by atoms with Gasteiger partial charge in [-0.3, -0.25) is 4.79 Å². The number of hydrogen-bond donors (Lipinski definition) is 0. The minimum atomic E-state index is -0.356. The summed E-state index contributed by atoms with van der Waals surface area (Å²) >= 11 is 0. The zero-order chi connectivity index (χ0) is 15.2. The van der Waals surface area contributed by atoms with Crippen LogP contribution in [-0.4, -0.2) is 33.9 Å². The second-order valence-electron chi connectivity index (χ2n) is 4.47. The topological polar surface area (TPSA) is 74.1 Å². The van der Waals surface area contributed by atoms with Gasteiger partial charge in [0, 0.05) is 0 Å². The molecule has 1 aromatic carbocycles. The van der Waals surface area contributed by atoms with Crippen LogP contribution in [0.2, 0.25) is 0 Å². The van der Waals surface area contributed by atoms with E-state index in [2.05, 4.69) is 10.3 Å². The smallest absolute Gasteiger partial charge is 0.338 e. The highest BCUT2D eigenvalue weighted by Crippen LogP contribution is 2.15. The molecule has 6 nitrogen and oxygen atoms in total. The van der Waals surface area contributed by atoms with Gasteiger partial charge in [-0.2, -0.15) is 0 Å². The van der Waals surface area contributed by atoms with Gasteiger partial charge in [-0.25, -0.2) is 9.48 Å². The Balaban J connectivity index is 2.32. The SMILES string of the molecule is CCCc1c(C=O)nnn1-c1ccc(C(=O)OCC)cc1. The fraction of sp³-hybridized carbons (Fsp3) is 0.333. The highest BCUT2D eigenvalue weighted by atomic mass is 16.5. The average Bonchev–Trinajstić information content (AvgIpc) is 2.91. The number of rotatable bonds is 6. The van der Waals surface area contributed by atoms with E-state index in [0.717, 1.165) is 17.8 Å². The Bertz CT molecular complexity index is 632. The minimum Gasteiger partial charge on any atom is -0.462 e. The molecule has 2 rings (SSSR count). The predicted octanol–water partition coefficient (Wildman–Crippen LogP) is 2.21. The molecule has 1 aromatic heterocycles. The van der Waals surface area contributed by atoms with Crippen LogP contribution in [0.3, 0.4) is 0 Å². The number of esters is 1. The quantitative estimate of drug-likeness (QED) is 0.601. The lowest BCUT2D eigenvalue weighted by atomic mass is 10.2. The van der Waals surface area contributed by atoms with Gasteiger partial charge in [0.15, 0.2) is 6.29 Å². The van der Waals surface area contributed by atoms with Gasteiger partial charge < -0.3 is 4.74 Å². The standard InChI is InChI=1S/C15H17N3O3/c1-3-5-14-13(10-19)16-17-18(14)12-8-6-11(7-9-12)15(20)21-4-2/h6-10H,3-5H2,1-2H3. The van der Waals surface area contributed by atoms with Crippen LogP contribution < -0.4 is 0 Å². The van der Waals surface area contributed by atoms with Gasteiger partial charge >= 0.3 is 5.97 Å². The highest BCUT2D eigenvalue weighted by molar-refractivity contribution is 5.89. The molecular formula is C15H17N3O3. The van der Waals surface area contributed by atoms with Crippen molar-refractivity contribution in [3.8, 4) is 5.69 Å². The van der Waals surface area contributed by atoms with E-state index < -0.39 is 0 Å². The van der Waals surface area contributed by atoms with Crippen molar-refractivity contribution in [2.45, 2.75) is 26.7 Å². The maximum Gasteiger partial charge on any atom is 0.338 e. The van der Waals surface area contributed by atoms with Crippen molar-refractivity contribution in [2.75, 3.05) is 6.61 Å². The molecule has 21 heavy (non-hydrogen) atoms. The fourth-order valence-corrected chi connectivity index (χ4v) is 2.04. The maximum absolute atomic E-state index is 11.6. The predicted molar refractivity (Wildman–Crippen MR) is 76.7 cm³/mol. The number of aromatic nitrogens is 3. The molecule has 1 heterocycles. The van der Waals surface area contributed by atoms with Gasteiger partial charge in [-0.15, -0.1) is 5.10 Å². The van der Waals surface area contributed by atoms with Crippen LogP contribution in [0.25, 0.3) is 5.69 Å². The molecule has 0 aliphatic rings. The van der Waals surface area contributed by atoms with Crippen molar-refractivity contribution in [3.05, 3.63) is 41.2 Å². The molecule has 2 aromatic rings. The second kappa shape index (κ2) is 6.78. The maximum atomic E-state index is 11.6. The largest absolute Gasteiger partial charge is 0.462 e. The molecule has 0 atom stereocenters. The lowest BCUT2D eigenvalue weighted by Gasteiger charge is -2.07. The molecule has 0 amide bonds. The molecule has 0 radical (unpaired) electrons. The molecule has 0 aliphatic heterocycles. The van der Waals surface area contributed by atoms with Gasteiger partial charge in [-0.1, -0.05) is 18.6 Å². The lowest BCUT2D eigenvalue weighted by molar-refractivity contribution is 0.0526. The molecule has 0 aliphatic carbocycles. The van der Waals surface area contributed by atoms with E-state index in [4.69, 9.17) is 4.74 Å². The van der Waals surface area contributed by atoms with Crippen LogP contribution in [0.4, 0.5) is 0 Å². The Morgan fingerprint density at radius 2 is 2.00 bits per heavy atom. The monoisotopic (exact) mass is 287 g/mol. The van der Waals surface area contributed by atoms with E-state index in [0.29, 0.717) is 30.6 Å². The van der Waals surface area contributed by atoms with Gasteiger partial charge in [0.2, 0.25) is 0 Å². The number of ether oxygens (including phenoxy) is 1. The Morgan fingerprint density at radius 1 is 1.29 bits per heavy atom. The first-order chi connectivity index (χ1) is 10.2. The molecule has 0 spiro atoms. The van der Waals surface area contributed by atoms with Gasteiger partial charge in [-0.05, 0) is 37.6 Å². The van der Waals surface area contributed by atoms with Crippen LogP contribution in [0.5, 0.6) is 0 Å². The van der Waals surface area contributed by atoms with Crippen molar-refractivity contribution in [1.82, 2.24) is 15.0 Å². The summed E-state index contributed by atoms with van der Waals surface area (Å²) in [6.07, 6.45) is 2.30. The van der Waals surface area contributed by atoms with Crippen molar-refractivity contribution in [2.24, 2.45) is 0 Å². The molecule has 0 bridgehead atoms. The minimum absolute atomic E-state index is 0.340. The van der Waals surface area contributed by atoms with Crippen molar-refractivity contribution in [1.29, 1.82) is 0 Å². The molecule has 0 unspecified atom stereocenters. The third-order valence-electron chi connectivity index (χ3n) is 3.01. The zero-order valence-corrected chi connectivity index (χ0v) is 12.1. The van der Waals surface area contributed by atoms with Crippen LogP contribution in [0.1, 0.15) is 46.8 Å². The lowest BCUT2D eigenvalue weighted by Crippen LogP contribution is -2.06. The van der Waals surface area contributed by atoms with Crippen LogP contribution in [-0.2, 0) is 11.2 Å². The number of aldehydes is 1. The average molecular weight is 287 g/mol. The number of benzene rings is 1. The number of carbonyl (C=O) groups excluding carboxylic acids is 2. The van der Waals surface area contributed by atoms with Gasteiger partial charge in [0.1, 0.15) is 5.69 Å². The van der Waals surface area contributed by atoms with Crippen LogP contribution in [0, 0.1) is 0 Å². The summed E-state index contributed by atoms with van der Waals surface area (Å²) in [7, 11) is 0. The molecule has 0 N–H and O–H groups in total. The van der Waals surface area contributed by atoms with E-state index in [1.54, 1.807) is 35.9 Å². The molecule has 0 saturated heterocycles. The van der Waals surface area contributed by atoms with E-state index in [1.807, 2.05) is 6.92 Å². The molecule has 0 fully saturated rings. The molecular weight excluding hydrogens is 270 g/mol. The fourth-order valence-electron chi connectivity index (χ4n) is 2.04. The number of nitrogens with zero attached hydrogens (tertiary/aromatic N) is 3. The zero-order valence-electron chi connectivity index (χ0n) is 12.1. The van der Waals surface area contributed by atoms with Gasteiger partial charge in [0.05, 0.1) is 23.6 Å². The summed E-state index contributed by atoms with van der Waals surface area (Å²) < 4.78 is 6.56. The van der Waals surface area contributed by atoms with Crippen molar-refractivity contribution < 1.29 is 14.3 Å². The van der Waals surface area contributed by atoms with Crippen molar-refractivity contribution in [3.63, 3.8) is 0 Å². The Labute approximate surface area is 122 Å². The van der Waals surface area contributed by atoms with E-state index in [9.17, 15) is 9.59 Å². The molecule has 0 saturated carbocycles. The first kappa shape index (κ1) is 14.9. The highest BCUT2D eigenvalue weighted by Gasteiger charge is 2.13. The Hall–Kier alpha value is -2.50. The van der Waals surface area contributed by atoms with E-state index in [-0.39, 0.29) is 5.97 Å². The second-order valence-corrected chi connectivity index (χ2v) is 4.47. The van der Waals surface area contributed by atoms with Crippen molar-refractivity contribution >= 4 is 12.3 Å². The first-order valence-corrected chi connectivity index (χ1v) is 6.88. The summed E-state index contributed by atoms with van der Waals surface area (Å²) in [6.45, 7) is 4.13. The van der Waals surface area contributed by atoms with Crippen LogP contribution in [0.15, 0.2) is 24.3 Å². The number of carbonyl (C=O) groups is 2. The Kier molecular flexibility index (Phi) is 4.81. The third kappa shape index (κ3) is 3.16. The normalized spacial score (nSPS) is 10.4. The number of hydrogen-bond acceptors (Lipinski definition) is 5.